The SMILES string of the molecule is COc1ccccc1CCNC(=O)CN1C[C@@H]2COC[C@]2(C(=O)O)C1. The Kier molecular flexibility index (Phi) is 5.24. The molecule has 2 aliphatic rings. The number of para-hydroxylation sites is 1. The molecule has 0 aliphatic carbocycles. The quantitative estimate of drug-likeness (QED) is 0.741. The van der Waals surface area contributed by atoms with E-state index < -0.39 is 11.4 Å². The van der Waals surface area contributed by atoms with Gasteiger partial charge in [-0.15, -0.1) is 0 Å². The maximum absolute atomic E-state index is 12.2. The van der Waals surface area contributed by atoms with Crippen LogP contribution in [0.15, 0.2) is 24.3 Å². The van der Waals surface area contributed by atoms with E-state index in [9.17, 15) is 14.7 Å². The van der Waals surface area contributed by atoms with E-state index in [0.717, 1.165) is 11.3 Å². The van der Waals surface area contributed by atoms with Crippen LogP contribution in [0.3, 0.4) is 0 Å². The average Bonchev–Trinajstić information content (AvgIpc) is 3.13. The zero-order chi connectivity index (χ0) is 17.9. The van der Waals surface area contributed by atoms with Crippen molar-refractivity contribution in [3.63, 3.8) is 0 Å². The van der Waals surface area contributed by atoms with E-state index in [1.807, 2.05) is 29.2 Å². The lowest BCUT2D eigenvalue weighted by Crippen LogP contribution is -2.41. The lowest BCUT2D eigenvalue weighted by Gasteiger charge is -2.21. The second-order valence-electron chi connectivity index (χ2n) is 6.75. The molecule has 0 spiro atoms. The minimum Gasteiger partial charge on any atom is -0.496 e. The van der Waals surface area contributed by atoms with Gasteiger partial charge in [-0.1, -0.05) is 18.2 Å². The summed E-state index contributed by atoms with van der Waals surface area (Å²) in [5.74, 6) is -0.135. The van der Waals surface area contributed by atoms with E-state index in [1.54, 1.807) is 7.11 Å². The van der Waals surface area contributed by atoms with E-state index in [0.29, 0.717) is 32.7 Å². The number of nitrogens with zero attached hydrogens (tertiary/aromatic N) is 1. The fourth-order valence-electron chi connectivity index (χ4n) is 3.77. The van der Waals surface area contributed by atoms with Gasteiger partial charge in [0, 0.05) is 25.6 Å². The molecule has 2 saturated heterocycles. The largest absolute Gasteiger partial charge is 0.496 e. The van der Waals surface area contributed by atoms with Crippen molar-refractivity contribution in [3.05, 3.63) is 29.8 Å². The van der Waals surface area contributed by atoms with Gasteiger partial charge in [0.25, 0.3) is 0 Å². The standard InChI is InChI=1S/C18H24N2O5/c1-24-15-5-3-2-4-13(15)6-7-19-16(21)9-20-8-14-10-25-12-18(14,11-20)17(22)23/h2-5,14H,6-12H2,1H3,(H,19,21)(H,22,23)/t14-,18-/m1/s1. The van der Waals surface area contributed by atoms with Crippen LogP contribution in [0.25, 0.3) is 0 Å². The first-order valence-corrected chi connectivity index (χ1v) is 8.47. The van der Waals surface area contributed by atoms with E-state index in [1.165, 1.54) is 0 Å². The van der Waals surface area contributed by atoms with Gasteiger partial charge in [0.1, 0.15) is 11.2 Å². The summed E-state index contributed by atoms with van der Waals surface area (Å²) >= 11 is 0. The molecule has 2 aliphatic heterocycles. The van der Waals surface area contributed by atoms with Crippen molar-refractivity contribution in [2.45, 2.75) is 6.42 Å². The number of benzene rings is 1. The molecule has 1 aromatic rings. The predicted octanol–water partition coefficient (Wildman–Crippen LogP) is 0.387. The summed E-state index contributed by atoms with van der Waals surface area (Å²) in [4.78, 5) is 25.7. The van der Waals surface area contributed by atoms with Gasteiger partial charge in [0.15, 0.2) is 0 Å². The number of methoxy groups -OCH3 is 1. The minimum atomic E-state index is -0.850. The number of amides is 1. The molecule has 0 aromatic heterocycles. The predicted molar refractivity (Wildman–Crippen MR) is 90.5 cm³/mol. The molecule has 3 rings (SSSR count). The second-order valence-corrected chi connectivity index (χ2v) is 6.75. The van der Waals surface area contributed by atoms with Gasteiger partial charge < -0.3 is 19.9 Å². The van der Waals surface area contributed by atoms with Crippen molar-refractivity contribution < 1.29 is 24.2 Å². The van der Waals surface area contributed by atoms with E-state index in [-0.39, 0.29) is 25.0 Å². The number of hydrogen-bond donors (Lipinski definition) is 2. The number of carbonyl (C=O) groups is 2. The smallest absolute Gasteiger partial charge is 0.313 e. The summed E-state index contributed by atoms with van der Waals surface area (Å²) in [7, 11) is 1.63. The summed E-state index contributed by atoms with van der Waals surface area (Å²) in [5, 5.41) is 12.4. The Balaban J connectivity index is 1.47. The number of nitrogens with one attached hydrogen (secondary N) is 1. The van der Waals surface area contributed by atoms with Crippen LogP contribution >= 0.6 is 0 Å². The Bertz CT molecular complexity index is 650. The van der Waals surface area contributed by atoms with Gasteiger partial charge in [-0.25, -0.2) is 0 Å². The fraction of sp³-hybridized carbons (Fsp3) is 0.556. The van der Waals surface area contributed by atoms with E-state index in [4.69, 9.17) is 9.47 Å². The summed E-state index contributed by atoms with van der Waals surface area (Å²) in [6, 6.07) is 7.72. The highest BCUT2D eigenvalue weighted by Crippen LogP contribution is 2.41. The van der Waals surface area contributed by atoms with Crippen LogP contribution in [0.4, 0.5) is 0 Å². The van der Waals surface area contributed by atoms with Crippen LogP contribution in [0.1, 0.15) is 5.56 Å². The third kappa shape index (κ3) is 3.62. The molecule has 0 radical (unpaired) electrons. The molecular weight excluding hydrogens is 324 g/mol. The number of carboxylic acid groups (broad SMARTS) is 1. The Hall–Kier alpha value is -2.12. The highest BCUT2D eigenvalue weighted by Gasteiger charge is 2.56. The highest BCUT2D eigenvalue weighted by atomic mass is 16.5. The first-order valence-electron chi connectivity index (χ1n) is 8.47. The summed E-state index contributed by atoms with van der Waals surface area (Å²) < 4.78 is 10.6. The number of carbonyl (C=O) groups excluding carboxylic acids is 1. The Morgan fingerprint density at radius 1 is 1.44 bits per heavy atom. The summed E-state index contributed by atoms with van der Waals surface area (Å²) in [5.41, 5.74) is 0.195. The van der Waals surface area contributed by atoms with Gasteiger partial charge in [-0.2, -0.15) is 0 Å². The zero-order valence-corrected chi connectivity index (χ0v) is 14.4. The first kappa shape index (κ1) is 17.7. The maximum atomic E-state index is 12.2. The van der Waals surface area contributed by atoms with Crippen molar-refractivity contribution in [3.8, 4) is 5.75 Å². The molecular formula is C18H24N2O5. The van der Waals surface area contributed by atoms with Crippen molar-refractivity contribution >= 4 is 11.9 Å². The molecule has 1 amide bonds. The Morgan fingerprint density at radius 2 is 2.24 bits per heavy atom. The first-order chi connectivity index (χ1) is 12.0. The molecule has 2 fully saturated rings. The number of rotatable bonds is 7. The van der Waals surface area contributed by atoms with Crippen LogP contribution in [-0.4, -0.2) is 68.4 Å². The minimum absolute atomic E-state index is 0.0358. The third-order valence-electron chi connectivity index (χ3n) is 5.15. The molecule has 2 heterocycles. The lowest BCUT2D eigenvalue weighted by atomic mass is 9.81. The second kappa shape index (κ2) is 7.41. The molecule has 0 saturated carbocycles. The Morgan fingerprint density at radius 3 is 2.96 bits per heavy atom. The molecule has 25 heavy (non-hydrogen) atoms. The number of ether oxygens (including phenoxy) is 2. The van der Waals surface area contributed by atoms with Crippen LogP contribution in [0.2, 0.25) is 0 Å². The van der Waals surface area contributed by atoms with Gasteiger partial charge in [-0.05, 0) is 18.1 Å². The van der Waals surface area contributed by atoms with E-state index in [2.05, 4.69) is 5.32 Å². The summed E-state index contributed by atoms with van der Waals surface area (Å²) in [6.07, 6.45) is 0.686. The molecule has 0 bridgehead atoms. The molecule has 136 valence electrons. The number of hydrogen-bond acceptors (Lipinski definition) is 5. The van der Waals surface area contributed by atoms with Crippen molar-refractivity contribution in [2.75, 3.05) is 46.5 Å². The van der Waals surface area contributed by atoms with Gasteiger partial charge >= 0.3 is 5.97 Å². The molecule has 7 heteroatoms. The molecule has 1 aromatic carbocycles. The topological polar surface area (TPSA) is 88.1 Å². The van der Waals surface area contributed by atoms with Crippen molar-refractivity contribution in [1.29, 1.82) is 0 Å². The molecule has 0 unspecified atom stereocenters. The van der Waals surface area contributed by atoms with Gasteiger partial charge in [0.2, 0.25) is 5.91 Å². The van der Waals surface area contributed by atoms with Crippen LogP contribution in [-0.2, 0) is 20.7 Å². The number of likely N-dealkylation sites (tertiary alicyclic amines) is 1. The summed E-state index contributed by atoms with van der Waals surface area (Å²) in [6.45, 7) is 2.39. The molecule has 2 N–H and O–H groups in total. The molecule has 7 nitrogen and oxygen atoms in total. The maximum Gasteiger partial charge on any atom is 0.313 e. The van der Waals surface area contributed by atoms with Gasteiger partial charge in [0.05, 0.1) is 26.9 Å². The number of aliphatic carboxylic acids is 1. The van der Waals surface area contributed by atoms with Crippen LogP contribution in [0.5, 0.6) is 5.75 Å². The van der Waals surface area contributed by atoms with Gasteiger partial charge in [-0.3, -0.25) is 14.5 Å². The number of fused-ring (bicyclic) bond motifs is 1. The lowest BCUT2D eigenvalue weighted by molar-refractivity contribution is -0.149. The normalized spacial score (nSPS) is 25.6. The fourth-order valence-corrected chi connectivity index (χ4v) is 3.77. The Labute approximate surface area is 146 Å². The van der Waals surface area contributed by atoms with Crippen molar-refractivity contribution in [1.82, 2.24) is 10.2 Å². The monoisotopic (exact) mass is 348 g/mol. The average molecular weight is 348 g/mol. The molecule has 2 atom stereocenters. The van der Waals surface area contributed by atoms with E-state index >= 15 is 0 Å². The number of carboxylic acids is 1. The van der Waals surface area contributed by atoms with Crippen LogP contribution < -0.4 is 10.1 Å². The van der Waals surface area contributed by atoms with Crippen LogP contribution in [0, 0.1) is 11.3 Å². The van der Waals surface area contributed by atoms with Crippen molar-refractivity contribution in [2.24, 2.45) is 11.3 Å². The highest BCUT2D eigenvalue weighted by molar-refractivity contribution is 5.79. The zero-order valence-electron chi connectivity index (χ0n) is 14.4. The third-order valence-corrected chi connectivity index (χ3v) is 5.15.